The number of aromatic nitrogens is 4. The molecule has 6 heteroatoms. The average Bonchev–Trinajstić information content (AvgIpc) is 3.06. The second kappa shape index (κ2) is 6.93. The molecule has 0 saturated heterocycles. The van der Waals surface area contributed by atoms with Crippen molar-refractivity contribution in [2.45, 2.75) is 38.8 Å². The zero-order valence-electron chi connectivity index (χ0n) is 14.2. The third kappa shape index (κ3) is 3.47. The highest BCUT2D eigenvalue weighted by atomic mass is 16.5. The number of nitrogens with one attached hydrogen (secondary N) is 1. The van der Waals surface area contributed by atoms with Crippen LogP contribution in [0.5, 0.6) is 5.75 Å². The molecule has 6 nitrogen and oxygen atoms in total. The quantitative estimate of drug-likeness (QED) is 0.747. The molecule has 0 radical (unpaired) electrons. The molecule has 4 rings (SSSR count). The van der Waals surface area contributed by atoms with E-state index in [1.807, 2.05) is 42.5 Å². The van der Waals surface area contributed by atoms with Crippen LogP contribution in [0.25, 0.3) is 5.69 Å². The van der Waals surface area contributed by atoms with Crippen molar-refractivity contribution in [2.75, 3.05) is 5.32 Å². The first-order valence-electron chi connectivity index (χ1n) is 8.63. The fourth-order valence-electron chi connectivity index (χ4n) is 2.76. The number of hydrogen-bond acceptors (Lipinski definition) is 5. The highest BCUT2D eigenvalue weighted by Crippen LogP contribution is 2.28. The Morgan fingerprint density at radius 3 is 2.68 bits per heavy atom. The monoisotopic (exact) mass is 335 g/mol. The lowest BCUT2D eigenvalue weighted by molar-refractivity contribution is 0.119. The number of anilines is 1. The van der Waals surface area contributed by atoms with Crippen molar-refractivity contribution in [1.29, 1.82) is 0 Å². The Kier molecular flexibility index (Phi) is 4.33. The van der Waals surface area contributed by atoms with Gasteiger partial charge < -0.3 is 10.1 Å². The minimum atomic E-state index is 0.360. The first-order chi connectivity index (χ1) is 12.3. The van der Waals surface area contributed by atoms with E-state index in [2.05, 4.69) is 33.8 Å². The third-order valence-electron chi connectivity index (χ3n) is 4.50. The van der Waals surface area contributed by atoms with Gasteiger partial charge in [-0.3, -0.25) is 0 Å². The van der Waals surface area contributed by atoms with Gasteiger partial charge in [0.05, 0.1) is 11.8 Å². The molecule has 0 unspecified atom stereocenters. The van der Waals surface area contributed by atoms with Gasteiger partial charge in [-0.15, -0.1) is 0 Å². The molecule has 0 spiro atoms. The van der Waals surface area contributed by atoms with Gasteiger partial charge in [0.25, 0.3) is 0 Å². The molecule has 0 aliphatic heterocycles. The van der Waals surface area contributed by atoms with E-state index in [-0.39, 0.29) is 0 Å². The van der Waals surface area contributed by atoms with Crippen LogP contribution in [0.15, 0.2) is 48.5 Å². The van der Waals surface area contributed by atoms with Gasteiger partial charge in [0.1, 0.15) is 5.75 Å². The summed E-state index contributed by atoms with van der Waals surface area (Å²) in [6.07, 6.45) is 3.91. The van der Waals surface area contributed by atoms with Crippen molar-refractivity contribution in [3.63, 3.8) is 0 Å². The summed E-state index contributed by atoms with van der Waals surface area (Å²) in [7, 11) is 0. The van der Waals surface area contributed by atoms with Gasteiger partial charge in [0.2, 0.25) is 5.95 Å². The summed E-state index contributed by atoms with van der Waals surface area (Å²) in [6.45, 7) is 2.66. The summed E-state index contributed by atoms with van der Waals surface area (Å²) >= 11 is 0. The smallest absolute Gasteiger partial charge is 0.248 e. The van der Waals surface area contributed by atoms with Crippen LogP contribution in [0.1, 0.15) is 30.4 Å². The molecule has 0 amide bonds. The van der Waals surface area contributed by atoms with Crippen LogP contribution in [-0.2, 0) is 6.54 Å². The van der Waals surface area contributed by atoms with E-state index in [1.165, 1.54) is 12.0 Å². The number of aryl methyl sites for hydroxylation is 1. The van der Waals surface area contributed by atoms with E-state index in [9.17, 15) is 0 Å². The summed E-state index contributed by atoms with van der Waals surface area (Å²) in [5.74, 6) is 1.55. The van der Waals surface area contributed by atoms with Crippen LogP contribution in [0.3, 0.4) is 0 Å². The van der Waals surface area contributed by atoms with Gasteiger partial charge in [-0.05, 0) is 54.8 Å². The number of nitrogens with zero attached hydrogens (tertiary/aromatic N) is 4. The Balaban J connectivity index is 1.49. The predicted molar refractivity (Wildman–Crippen MR) is 95.9 cm³/mol. The Morgan fingerprint density at radius 1 is 1.12 bits per heavy atom. The van der Waals surface area contributed by atoms with Gasteiger partial charge in [-0.25, -0.2) is 0 Å². The first-order valence-corrected chi connectivity index (χ1v) is 8.63. The largest absolute Gasteiger partial charge is 0.490 e. The van der Waals surface area contributed by atoms with E-state index in [1.54, 1.807) is 4.68 Å². The van der Waals surface area contributed by atoms with Crippen molar-refractivity contribution in [3.8, 4) is 11.4 Å². The summed E-state index contributed by atoms with van der Waals surface area (Å²) in [5.41, 5.74) is 3.23. The fourth-order valence-corrected chi connectivity index (χ4v) is 2.76. The third-order valence-corrected chi connectivity index (χ3v) is 4.50. The molecule has 2 aromatic carbocycles. The molecule has 1 aliphatic carbocycles. The van der Waals surface area contributed by atoms with Crippen LogP contribution in [-0.4, -0.2) is 26.3 Å². The normalized spacial score (nSPS) is 14.1. The highest BCUT2D eigenvalue weighted by molar-refractivity contribution is 5.42. The number of hydrogen-bond donors (Lipinski definition) is 1. The minimum absolute atomic E-state index is 0.360. The van der Waals surface area contributed by atoms with Gasteiger partial charge in [-0.1, -0.05) is 41.0 Å². The van der Waals surface area contributed by atoms with Crippen LogP contribution >= 0.6 is 0 Å². The second-order valence-corrected chi connectivity index (χ2v) is 6.38. The Morgan fingerprint density at radius 2 is 1.92 bits per heavy atom. The van der Waals surface area contributed by atoms with Gasteiger partial charge in [-0.2, -0.15) is 4.68 Å². The lowest BCUT2D eigenvalue weighted by Gasteiger charge is -2.27. The summed E-state index contributed by atoms with van der Waals surface area (Å²) in [6, 6.07) is 16.2. The number of benzene rings is 2. The summed E-state index contributed by atoms with van der Waals surface area (Å²) in [4.78, 5) is 0. The van der Waals surface area contributed by atoms with Crippen molar-refractivity contribution >= 4 is 5.95 Å². The molecule has 128 valence electrons. The SMILES string of the molecule is Cc1ccc(-n2nnnc2NCc2ccccc2OC2CCC2)cc1. The lowest BCUT2D eigenvalue weighted by atomic mass is 9.96. The molecule has 0 bridgehead atoms. The molecule has 1 aliphatic rings. The van der Waals surface area contributed by atoms with Crippen molar-refractivity contribution in [2.24, 2.45) is 0 Å². The number of ether oxygens (including phenoxy) is 1. The topological polar surface area (TPSA) is 64.9 Å². The molecular formula is C19H21N5O. The molecule has 3 aromatic rings. The zero-order valence-corrected chi connectivity index (χ0v) is 14.2. The number of tetrazole rings is 1. The van der Waals surface area contributed by atoms with Crippen molar-refractivity contribution in [3.05, 3.63) is 59.7 Å². The first kappa shape index (κ1) is 15.6. The van der Waals surface area contributed by atoms with E-state index < -0.39 is 0 Å². The van der Waals surface area contributed by atoms with E-state index in [0.29, 0.717) is 18.6 Å². The lowest BCUT2D eigenvalue weighted by Crippen LogP contribution is -2.25. The predicted octanol–water partition coefficient (Wildman–Crippen LogP) is 3.51. The van der Waals surface area contributed by atoms with Crippen LogP contribution in [0.2, 0.25) is 0 Å². The zero-order chi connectivity index (χ0) is 17.1. The average molecular weight is 335 g/mol. The maximum atomic E-state index is 6.08. The maximum absolute atomic E-state index is 6.08. The van der Waals surface area contributed by atoms with E-state index >= 15 is 0 Å². The molecule has 1 heterocycles. The van der Waals surface area contributed by atoms with Crippen LogP contribution < -0.4 is 10.1 Å². The van der Waals surface area contributed by atoms with Crippen LogP contribution in [0, 0.1) is 6.92 Å². The Bertz CT molecular complexity index is 839. The molecule has 25 heavy (non-hydrogen) atoms. The van der Waals surface area contributed by atoms with Gasteiger partial charge in [0, 0.05) is 12.1 Å². The minimum Gasteiger partial charge on any atom is -0.490 e. The number of para-hydroxylation sites is 1. The molecule has 1 saturated carbocycles. The van der Waals surface area contributed by atoms with E-state index in [0.717, 1.165) is 29.8 Å². The van der Waals surface area contributed by atoms with Crippen molar-refractivity contribution < 1.29 is 4.74 Å². The molecule has 1 aromatic heterocycles. The molecule has 0 atom stereocenters. The Labute approximate surface area is 146 Å². The summed E-state index contributed by atoms with van der Waals surface area (Å²) < 4.78 is 7.78. The van der Waals surface area contributed by atoms with Crippen molar-refractivity contribution in [1.82, 2.24) is 20.2 Å². The van der Waals surface area contributed by atoms with E-state index in [4.69, 9.17) is 4.74 Å². The maximum Gasteiger partial charge on any atom is 0.248 e. The van der Waals surface area contributed by atoms with Gasteiger partial charge >= 0.3 is 0 Å². The fraction of sp³-hybridized carbons (Fsp3) is 0.316. The molecule has 1 fully saturated rings. The van der Waals surface area contributed by atoms with Crippen LogP contribution in [0.4, 0.5) is 5.95 Å². The molecular weight excluding hydrogens is 314 g/mol. The second-order valence-electron chi connectivity index (χ2n) is 6.38. The highest BCUT2D eigenvalue weighted by Gasteiger charge is 2.20. The van der Waals surface area contributed by atoms with Gasteiger partial charge in [0.15, 0.2) is 0 Å². The number of rotatable bonds is 6. The molecule has 1 N–H and O–H groups in total. The standard InChI is InChI=1S/C19H21N5O/c1-14-9-11-16(12-10-14)24-19(21-22-23-24)20-13-15-5-2-3-8-18(15)25-17-6-4-7-17/h2-3,5,8-12,17H,4,6-7,13H2,1H3,(H,20,21,23). The summed E-state index contributed by atoms with van der Waals surface area (Å²) in [5, 5.41) is 15.3. The Hall–Kier alpha value is -2.89.